The Morgan fingerprint density at radius 1 is 1.53 bits per heavy atom. The molecular weight excluding hydrogens is 194 g/mol. The van der Waals surface area contributed by atoms with E-state index in [0.717, 1.165) is 0 Å². The molecule has 0 atom stereocenters. The van der Waals surface area contributed by atoms with Crippen LogP contribution in [0.25, 0.3) is 0 Å². The van der Waals surface area contributed by atoms with Gasteiger partial charge in [0.15, 0.2) is 0 Å². The van der Waals surface area contributed by atoms with Gasteiger partial charge in [-0.05, 0) is 12.1 Å². The van der Waals surface area contributed by atoms with Gasteiger partial charge in [-0.1, -0.05) is 18.2 Å². The van der Waals surface area contributed by atoms with Crippen LogP contribution in [0.1, 0.15) is 20.7 Å². The molecule has 0 aliphatic carbocycles. The number of hydrogen-bond acceptors (Lipinski definition) is 3. The summed E-state index contributed by atoms with van der Waals surface area (Å²) in [6.07, 6.45) is 2.20. The highest BCUT2D eigenvalue weighted by Gasteiger charge is 2.04. The lowest BCUT2D eigenvalue weighted by molar-refractivity contribution is 0.0421. The highest BCUT2D eigenvalue weighted by molar-refractivity contribution is 5.95. The fourth-order valence-electron chi connectivity index (χ4n) is 0.978. The summed E-state index contributed by atoms with van der Waals surface area (Å²) in [6.45, 7) is 3.67. The summed E-state index contributed by atoms with van der Waals surface area (Å²) in [4.78, 5) is 26.6. The molecule has 1 aromatic carbocycles. The van der Waals surface area contributed by atoms with Crippen molar-refractivity contribution in [2.75, 3.05) is 6.61 Å². The molecule has 1 aromatic rings. The maximum Gasteiger partial charge on any atom is 0.274 e. The minimum Gasteiger partial charge on any atom is -0.298 e. The van der Waals surface area contributed by atoms with E-state index in [1.807, 2.05) is 0 Å². The van der Waals surface area contributed by atoms with Crippen molar-refractivity contribution in [1.29, 1.82) is 0 Å². The number of nitrogens with one attached hydrogen (secondary N) is 1. The van der Waals surface area contributed by atoms with Crippen LogP contribution in [-0.4, -0.2) is 18.8 Å². The Balaban J connectivity index is 2.64. The molecule has 4 nitrogen and oxygen atoms in total. The number of carbonyl (C=O) groups excluding carboxylic acids is 2. The van der Waals surface area contributed by atoms with Crippen LogP contribution in [0.3, 0.4) is 0 Å². The van der Waals surface area contributed by atoms with E-state index < -0.39 is 0 Å². The number of aldehydes is 1. The Morgan fingerprint density at radius 2 is 2.33 bits per heavy atom. The number of amides is 1. The second kappa shape index (κ2) is 5.72. The number of hydroxylamine groups is 1. The molecule has 0 aromatic heterocycles. The monoisotopic (exact) mass is 205 g/mol. The van der Waals surface area contributed by atoms with Crippen molar-refractivity contribution >= 4 is 12.2 Å². The first kappa shape index (κ1) is 11.1. The van der Waals surface area contributed by atoms with E-state index in [1.165, 1.54) is 12.1 Å². The van der Waals surface area contributed by atoms with Crippen LogP contribution in [-0.2, 0) is 4.84 Å². The molecule has 0 heterocycles. The van der Waals surface area contributed by atoms with Gasteiger partial charge in [0.2, 0.25) is 0 Å². The molecule has 15 heavy (non-hydrogen) atoms. The van der Waals surface area contributed by atoms with Gasteiger partial charge in [-0.2, -0.15) is 0 Å². The summed E-state index contributed by atoms with van der Waals surface area (Å²) < 4.78 is 0. The zero-order valence-electron chi connectivity index (χ0n) is 8.10. The fourth-order valence-corrected chi connectivity index (χ4v) is 0.978. The first-order valence-electron chi connectivity index (χ1n) is 4.36. The van der Waals surface area contributed by atoms with E-state index in [2.05, 4.69) is 12.1 Å². The Hall–Kier alpha value is -1.94. The standard InChI is InChI=1S/C11H11NO3/c1-2-6-15-12-11(14)10-5-3-4-9(7-10)8-13/h2-5,7-8H,1,6H2,(H,12,14). The summed E-state index contributed by atoms with van der Waals surface area (Å²) in [6, 6.07) is 6.33. The SMILES string of the molecule is C=CCONC(=O)c1cccc(C=O)c1. The Morgan fingerprint density at radius 3 is 3.00 bits per heavy atom. The molecule has 1 amide bonds. The lowest BCUT2D eigenvalue weighted by Crippen LogP contribution is -2.23. The Kier molecular flexibility index (Phi) is 4.25. The van der Waals surface area contributed by atoms with E-state index >= 15 is 0 Å². The molecule has 0 spiro atoms. The molecule has 0 radical (unpaired) electrons. The fraction of sp³-hybridized carbons (Fsp3) is 0.0909. The lowest BCUT2D eigenvalue weighted by Gasteiger charge is -2.03. The van der Waals surface area contributed by atoms with Gasteiger partial charge in [-0.15, -0.1) is 6.58 Å². The van der Waals surface area contributed by atoms with Crippen LogP contribution in [0, 0.1) is 0 Å². The Labute approximate surface area is 87.5 Å². The van der Waals surface area contributed by atoms with Gasteiger partial charge in [0.1, 0.15) is 6.29 Å². The van der Waals surface area contributed by atoms with Gasteiger partial charge in [0, 0.05) is 11.1 Å². The molecule has 0 aliphatic heterocycles. The van der Waals surface area contributed by atoms with Crippen molar-refractivity contribution in [2.45, 2.75) is 0 Å². The van der Waals surface area contributed by atoms with E-state index in [1.54, 1.807) is 18.2 Å². The van der Waals surface area contributed by atoms with Gasteiger partial charge in [-0.25, -0.2) is 5.48 Å². The molecular formula is C11H11NO3. The van der Waals surface area contributed by atoms with Crippen LogP contribution in [0.2, 0.25) is 0 Å². The quantitative estimate of drug-likeness (QED) is 0.341. The highest BCUT2D eigenvalue weighted by Crippen LogP contribution is 2.02. The molecule has 0 saturated carbocycles. The molecule has 0 aliphatic rings. The average molecular weight is 205 g/mol. The molecule has 0 fully saturated rings. The predicted molar refractivity (Wildman–Crippen MR) is 55.4 cm³/mol. The Bertz CT molecular complexity index is 374. The maximum atomic E-state index is 11.4. The topological polar surface area (TPSA) is 55.4 Å². The van der Waals surface area contributed by atoms with Crippen molar-refractivity contribution in [3.05, 3.63) is 48.0 Å². The van der Waals surface area contributed by atoms with E-state index in [4.69, 9.17) is 4.84 Å². The van der Waals surface area contributed by atoms with Crippen LogP contribution >= 0.6 is 0 Å². The number of benzene rings is 1. The van der Waals surface area contributed by atoms with Gasteiger partial charge in [-0.3, -0.25) is 14.4 Å². The molecule has 1 rings (SSSR count). The summed E-state index contributed by atoms with van der Waals surface area (Å²) >= 11 is 0. The van der Waals surface area contributed by atoms with Crippen LogP contribution in [0.4, 0.5) is 0 Å². The summed E-state index contributed by atoms with van der Waals surface area (Å²) in [7, 11) is 0. The molecule has 0 unspecified atom stereocenters. The molecule has 0 saturated heterocycles. The molecule has 0 bridgehead atoms. The summed E-state index contributed by atoms with van der Waals surface area (Å²) in [5, 5.41) is 0. The van der Waals surface area contributed by atoms with Gasteiger partial charge < -0.3 is 0 Å². The second-order valence-corrected chi connectivity index (χ2v) is 2.77. The largest absolute Gasteiger partial charge is 0.298 e. The van der Waals surface area contributed by atoms with E-state index in [0.29, 0.717) is 17.4 Å². The van der Waals surface area contributed by atoms with Gasteiger partial charge in [0.05, 0.1) is 6.61 Å². The van der Waals surface area contributed by atoms with Crippen LogP contribution in [0.15, 0.2) is 36.9 Å². The highest BCUT2D eigenvalue weighted by atomic mass is 16.6. The number of rotatable bonds is 5. The third kappa shape index (κ3) is 3.36. The summed E-state index contributed by atoms with van der Waals surface area (Å²) in [5.41, 5.74) is 3.05. The van der Waals surface area contributed by atoms with Crippen molar-refractivity contribution in [1.82, 2.24) is 5.48 Å². The second-order valence-electron chi connectivity index (χ2n) is 2.77. The minimum absolute atomic E-state index is 0.235. The van der Waals surface area contributed by atoms with Crippen molar-refractivity contribution < 1.29 is 14.4 Å². The maximum absolute atomic E-state index is 11.4. The first-order valence-corrected chi connectivity index (χ1v) is 4.36. The zero-order chi connectivity index (χ0) is 11.1. The predicted octanol–water partition coefficient (Wildman–Crippen LogP) is 1.35. The lowest BCUT2D eigenvalue weighted by atomic mass is 10.1. The van der Waals surface area contributed by atoms with Crippen LogP contribution in [0.5, 0.6) is 0 Å². The third-order valence-corrected chi connectivity index (χ3v) is 1.65. The average Bonchev–Trinajstić information content (AvgIpc) is 2.29. The third-order valence-electron chi connectivity index (χ3n) is 1.65. The first-order chi connectivity index (χ1) is 7.27. The van der Waals surface area contributed by atoms with E-state index in [-0.39, 0.29) is 12.5 Å². The molecule has 1 N–H and O–H groups in total. The van der Waals surface area contributed by atoms with E-state index in [9.17, 15) is 9.59 Å². The number of carbonyl (C=O) groups is 2. The van der Waals surface area contributed by atoms with Crippen molar-refractivity contribution in [3.8, 4) is 0 Å². The minimum atomic E-state index is -0.388. The molecule has 78 valence electrons. The van der Waals surface area contributed by atoms with Crippen molar-refractivity contribution in [3.63, 3.8) is 0 Å². The van der Waals surface area contributed by atoms with Gasteiger partial charge >= 0.3 is 0 Å². The molecule has 4 heteroatoms. The normalized spacial score (nSPS) is 9.33. The van der Waals surface area contributed by atoms with Gasteiger partial charge in [0.25, 0.3) is 5.91 Å². The van der Waals surface area contributed by atoms with Crippen molar-refractivity contribution in [2.24, 2.45) is 0 Å². The summed E-state index contributed by atoms with van der Waals surface area (Å²) in [5.74, 6) is -0.388. The van der Waals surface area contributed by atoms with Crippen LogP contribution < -0.4 is 5.48 Å². The zero-order valence-corrected chi connectivity index (χ0v) is 8.10. The smallest absolute Gasteiger partial charge is 0.274 e. The number of hydrogen-bond donors (Lipinski definition) is 1.